The minimum Gasteiger partial charge on any atom is -0.480 e. The van der Waals surface area contributed by atoms with Gasteiger partial charge in [-0.25, -0.2) is 4.79 Å². The van der Waals surface area contributed by atoms with E-state index in [0.717, 1.165) is 22.2 Å². The smallest absolute Gasteiger partial charge is 0.326 e. The number of hydrogen-bond donors (Lipinski definition) is 1. The van der Waals surface area contributed by atoms with Crippen molar-refractivity contribution in [2.75, 3.05) is 0 Å². The molecular formula is C17H12ClNO4S2. The number of halogens is 1. The van der Waals surface area contributed by atoms with E-state index in [0.29, 0.717) is 21.4 Å². The molecule has 1 saturated heterocycles. The first kappa shape index (κ1) is 17.7. The first-order chi connectivity index (χ1) is 11.9. The molecule has 3 rings (SSSR count). The molecule has 1 aromatic heterocycles. The van der Waals surface area contributed by atoms with Crippen LogP contribution in [-0.2, 0) is 9.59 Å². The topological polar surface area (TPSA) is 70.8 Å². The van der Waals surface area contributed by atoms with Crippen LogP contribution in [0.25, 0.3) is 17.4 Å². The highest BCUT2D eigenvalue weighted by Crippen LogP contribution is 2.35. The zero-order valence-electron chi connectivity index (χ0n) is 12.9. The third kappa shape index (κ3) is 3.49. The molecule has 5 nitrogen and oxygen atoms in total. The number of aliphatic carboxylic acids is 1. The fourth-order valence-corrected chi connectivity index (χ4v) is 3.92. The van der Waals surface area contributed by atoms with E-state index in [9.17, 15) is 9.59 Å². The van der Waals surface area contributed by atoms with Crippen molar-refractivity contribution in [3.05, 3.63) is 52.1 Å². The molecule has 25 heavy (non-hydrogen) atoms. The van der Waals surface area contributed by atoms with Gasteiger partial charge in [0.25, 0.3) is 5.91 Å². The highest BCUT2D eigenvalue weighted by Gasteiger charge is 2.38. The van der Waals surface area contributed by atoms with Gasteiger partial charge in [0.05, 0.1) is 9.93 Å². The molecule has 0 bridgehead atoms. The average molecular weight is 394 g/mol. The van der Waals surface area contributed by atoms with Gasteiger partial charge in [-0.2, -0.15) is 0 Å². The molecule has 2 aromatic rings. The van der Waals surface area contributed by atoms with Gasteiger partial charge in [0.2, 0.25) is 0 Å². The first-order valence-electron chi connectivity index (χ1n) is 7.23. The number of carboxylic acids is 1. The van der Waals surface area contributed by atoms with Crippen LogP contribution in [0.2, 0.25) is 5.02 Å². The van der Waals surface area contributed by atoms with Gasteiger partial charge in [-0.15, -0.1) is 0 Å². The fraction of sp³-hybridized carbons (Fsp3) is 0.118. The summed E-state index contributed by atoms with van der Waals surface area (Å²) in [5.41, 5.74) is 0.746. The summed E-state index contributed by atoms with van der Waals surface area (Å²) in [5, 5.41) is 9.66. The summed E-state index contributed by atoms with van der Waals surface area (Å²) in [5.74, 6) is -0.526. The zero-order chi connectivity index (χ0) is 18.1. The van der Waals surface area contributed by atoms with E-state index in [2.05, 4.69) is 0 Å². The van der Waals surface area contributed by atoms with Gasteiger partial charge in [-0.05, 0) is 31.2 Å². The lowest BCUT2D eigenvalue weighted by Crippen LogP contribution is -2.41. The van der Waals surface area contributed by atoms with Crippen molar-refractivity contribution in [2.45, 2.75) is 13.0 Å². The molecule has 0 aliphatic carbocycles. The Morgan fingerprint density at radius 2 is 2.08 bits per heavy atom. The number of amides is 1. The Kier molecular flexibility index (Phi) is 4.99. The normalized spacial score (nSPS) is 17.4. The second kappa shape index (κ2) is 7.03. The maximum absolute atomic E-state index is 12.4. The lowest BCUT2D eigenvalue weighted by atomic mass is 10.2. The predicted molar refractivity (Wildman–Crippen MR) is 101 cm³/mol. The molecule has 1 unspecified atom stereocenters. The highest BCUT2D eigenvalue weighted by molar-refractivity contribution is 8.26. The molecular weight excluding hydrogens is 382 g/mol. The third-order valence-electron chi connectivity index (χ3n) is 3.61. The number of rotatable bonds is 4. The molecule has 2 heterocycles. The van der Waals surface area contributed by atoms with Crippen molar-refractivity contribution in [2.24, 2.45) is 0 Å². The minimum absolute atomic E-state index is 0.212. The lowest BCUT2D eigenvalue weighted by Gasteiger charge is -2.18. The van der Waals surface area contributed by atoms with Gasteiger partial charge in [-0.1, -0.05) is 47.7 Å². The number of carboxylic acid groups (broad SMARTS) is 1. The second-order valence-corrected chi connectivity index (χ2v) is 7.33. The van der Waals surface area contributed by atoms with Gasteiger partial charge >= 0.3 is 5.97 Å². The average Bonchev–Trinajstić information content (AvgIpc) is 3.13. The van der Waals surface area contributed by atoms with E-state index in [4.69, 9.17) is 33.3 Å². The van der Waals surface area contributed by atoms with Crippen molar-refractivity contribution >= 4 is 57.9 Å². The van der Waals surface area contributed by atoms with Crippen LogP contribution < -0.4 is 0 Å². The number of carbonyl (C=O) groups is 2. The summed E-state index contributed by atoms with van der Waals surface area (Å²) in [7, 11) is 0. The number of furan rings is 1. The Labute approximate surface area is 158 Å². The summed E-state index contributed by atoms with van der Waals surface area (Å²) in [4.78, 5) is 24.9. The summed E-state index contributed by atoms with van der Waals surface area (Å²) >= 11 is 12.3. The van der Waals surface area contributed by atoms with Gasteiger partial charge in [0.15, 0.2) is 0 Å². The lowest BCUT2D eigenvalue weighted by molar-refractivity contribution is -0.144. The molecule has 128 valence electrons. The Balaban J connectivity index is 1.88. The van der Waals surface area contributed by atoms with Gasteiger partial charge in [0, 0.05) is 11.6 Å². The van der Waals surface area contributed by atoms with Crippen molar-refractivity contribution in [3.8, 4) is 11.3 Å². The predicted octanol–water partition coefficient (Wildman–Crippen LogP) is 4.27. The van der Waals surface area contributed by atoms with Crippen LogP contribution in [0.1, 0.15) is 12.7 Å². The molecule has 0 radical (unpaired) electrons. The SMILES string of the molecule is CC(C(=O)O)N1C(=O)/C(=C\c2ccc(-c3ccccc3Cl)o2)SC1=S. The molecule has 1 amide bonds. The standard InChI is InChI=1S/C17H12ClNO4S2/c1-9(16(21)22)19-15(20)14(25-17(19)24)8-10-6-7-13(23-10)11-4-2-3-5-12(11)18/h2-9H,1H3,(H,21,22)/b14-8+. The summed E-state index contributed by atoms with van der Waals surface area (Å²) in [6.07, 6.45) is 1.55. The van der Waals surface area contributed by atoms with Crippen LogP contribution in [0.3, 0.4) is 0 Å². The number of thiocarbonyl (C=S) groups is 1. The molecule has 1 aromatic carbocycles. The Morgan fingerprint density at radius 1 is 1.36 bits per heavy atom. The molecule has 1 aliphatic heterocycles. The second-order valence-electron chi connectivity index (χ2n) is 5.25. The van der Waals surface area contributed by atoms with Crippen LogP contribution in [0, 0.1) is 0 Å². The monoisotopic (exact) mass is 393 g/mol. The van der Waals surface area contributed by atoms with Crippen LogP contribution in [-0.4, -0.2) is 32.2 Å². The molecule has 0 spiro atoms. The van der Waals surface area contributed by atoms with E-state index in [1.807, 2.05) is 18.2 Å². The summed E-state index contributed by atoms with van der Waals surface area (Å²) < 4.78 is 5.95. The zero-order valence-corrected chi connectivity index (χ0v) is 15.3. The maximum Gasteiger partial charge on any atom is 0.326 e. The van der Waals surface area contributed by atoms with Crippen LogP contribution >= 0.6 is 35.6 Å². The van der Waals surface area contributed by atoms with E-state index >= 15 is 0 Å². The number of nitrogens with zero attached hydrogens (tertiary/aromatic N) is 1. The molecule has 8 heteroatoms. The number of benzene rings is 1. The molecule has 1 atom stereocenters. The van der Waals surface area contributed by atoms with Crippen molar-refractivity contribution in [1.29, 1.82) is 0 Å². The van der Waals surface area contributed by atoms with Crippen molar-refractivity contribution < 1.29 is 19.1 Å². The van der Waals surface area contributed by atoms with E-state index in [1.165, 1.54) is 6.92 Å². The van der Waals surface area contributed by atoms with Gasteiger partial charge in [-0.3, -0.25) is 9.69 Å². The van der Waals surface area contributed by atoms with Crippen molar-refractivity contribution in [3.63, 3.8) is 0 Å². The minimum atomic E-state index is -1.11. The number of hydrogen-bond acceptors (Lipinski definition) is 5. The first-order valence-corrected chi connectivity index (χ1v) is 8.83. The molecule has 1 aliphatic rings. The maximum atomic E-state index is 12.4. The van der Waals surface area contributed by atoms with Gasteiger partial charge < -0.3 is 9.52 Å². The summed E-state index contributed by atoms with van der Waals surface area (Å²) in [6, 6.07) is 9.72. The third-order valence-corrected chi connectivity index (χ3v) is 5.27. The van der Waals surface area contributed by atoms with E-state index in [-0.39, 0.29) is 4.32 Å². The van der Waals surface area contributed by atoms with Crippen molar-refractivity contribution in [1.82, 2.24) is 4.90 Å². The van der Waals surface area contributed by atoms with Gasteiger partial charge in [0.1, 0.15) is 21.9 Å². The Hall–Kier alpha value is -2.09. The highest BCUT2D eigenvalue weighted by atomic mass is 35.5. The Morgan fingerprint density at radius 3 is 2.76 bits per heavy atom. The largest absolute Gasteiger partial charge is 0.480 e. The Bertz CT molecular complexity index is 906. The number of thioether (sulfide) groups is 1. The summed E-state index contributed by atoms with van der Waals surface area (Å²) in [6.45, 7) is 1.42. The van der Waals surface area contributed by atoms with E-state index < -0.39 is 17.9 Å². The quantitative estimate of drug-likeness (QED) is 0.617. The molecule has 1 fully saturated rings. The van der Waals surface area contributed by atoms with Crippen LogP contribution in [0.15, 0.2) is 45.7 Å². The molecule has 1 N–H and O–H groups in total. The fourth-order valence-electron chi connectivity index (χ4n) is 2.29. The molecule has 0 saturated carbocycles. The van der Waals surface area contributed by atoms with E-state index in [1.54, 1.807) is 24.3 Å². The van der Waals surface area contributed by atoms with Crippen LogP contribution in [0.4, 0.5) is 0 Å². The number of carbonyl (C=O) groups excluding carboxylic acids is 1. The van der Waals surface area contributed by atoms with Crippen LogP contribution in [0.5, 0.6) is 0 Å².